The van der Waals surface area contributed by atoms with E-state index in [0.29, 0.717) is 12.1 Å². The predicted molar refractivity (Wildman–Crippen MR) is 64.4 cm³/mol. The number of nitrogens with one attached hydrogen (secondary N) is 1. The Bertz CT molecular complexity index is 304. The molecule has 0 unspecified atom stereocenters. The van der Waals surface area contributed by atoms with Crippen LogP contribution in [0.4, 0.5) is 0 Å². The second-order valence-electron chi connectivity index (χ2n) is 4.23. The Morgan fingerprint density at radius 2 is 2.53 bits per heavy atom. The summed E-state index contributed by atoms with van der Waals surface area (Å²) in [6.45, 7) is 6.33. The number of aryl methyl sites for hydroxylation is 1. The molecule has 84 valence electrons. The second kappa shape index (κ2) is 5.10. The van der Waals surface area contributed by atoms with Crippen molar-refractivity contribution in [3.05, 3.63) is 21.9 Å². The Hall–Kier alpha value is -0.380. The van der Waals surface area contributed by atoms with Crippen LogP contribution in [0, 0.1) is 6.92 Å². The van der Waals surface area contributed by atoms with Gasteiger partial charge in [-0.1, -0.05) is 0 Å². The predicted octanol–water partition coefficient (Wildman–Crippen LogP) is 2.89. The number of hydrogen-bond donors (Lipinski definition) is 1. The number of ether oxygens (including phenoxy) is 1. The molecule has 1 aromatic heterocycles. The minimum atomic E-state index is 0.438. The van der Waals surface area contributed by atoms with Gasteiger partial charge in [0.2, 0.25) is 0 Å². The molecule has 2 heterocycles. The third kappa shape index (κ3) is 2.80. The molecular weight excluding hydrogens is 206 g/mol. The zero-order valence-electron chi connectivity index (χ0n) is 9.45. The summed E-state index contributed by atoms with van der Waals surface area (Å²) in [5.74, 6) is 0. The molecule has 0 bridgehead atoms. The number of hydrogen-bond acceptors (Lipinski definition) is 3. The third-order valence-corrected chi connectivity index (χ3v) is 4.17. The van der Waals surface area contributed by atoms with Crippen LogP contribution in [0.1, 0.15) is 36.2 Å². The van der Waals surface area contributed by atoms with Crippen LogP contribution >= 0.6 is 11.3 Å². The molecule has 1 saturated heterocycles. The smallest absolute Gasteiger partial charge is 0.0700 e. The Kier molecular flexibility index (Phi) is 3.78. The first-order chi connectivity index (χ1) is 7.27. The number of thiophene rings is 1. The van der Waals surface area contributed by atoms with Gasteiger partial charge < -0.3 is 10.1 Å². The Morgan fingerprint density at radius 3 is 3.13 bits per heavy atom. The maximum Gasteiger partial charge on any atom is 0.0700 e. The normalized spacial score (nSPS) is 23.2. The lowest BCUT2D eigenvalue weighted by atomic mass is 10.2. The van der Waals surface area contributed by atoms with Crippen LogP contribution in [0.2, 0.25) is 0 Å². The van der Waals surface area contributed by atoms with Crippen molar-refractivity contribution in [1.82, 2.24) is 5.32 Å². The fourth-order valence-corrected chi connectivity index (χ4v) is 2.99. The molecule has 0 aliphatic carbocycles. The summed E-state index contributed by atoms with van der Waals surface area (Å²) in [6.07, 6.45) is 2.87. The zero-order valence-corrected chi connectivity index (χ0v) is 10.3. The van der Waals surface area contributed by atoms with E-state index in [1.54, 1.807) is 0 Å². The summed E-state index contributed by atoms with van der Waals surface area (Å²) in [7, 11) is 0. The highest BCUT2D eigenvalue weighted by Gasteiger charge is 2.17. The van der Waals surface area contributed by atoms with Crippen molar-refractivity contribution in [2.24, 2.45) is 0 Å². The first kappa shape index (κ1) is 11.1. The maximum atomic E-state index is 5.59. The molecule has 3 heteroatoms. The van der Waals surface area contributed by atoms with E-state index in [2.05, 4.69) is 30.6 Å². The van der Waals surface area contributed by atoms with E-state index in [4.69, 9.17) is 4.74 Å². The van der Waals surface area contributed by atoms with Crippen LogP contribution in [0.15, 0.2) is 11.4 Å². The van der Waals surface area contributed by atoms with Crippen molar-refractivity contribution >= 4 is 11.3 Å². The van der Waals surface area contributed by atoms with E-state index in [-0.39, 0.29) is 0 Å². The molecule has 1 aliphatic rings. The third-order valence-electron chi connectivity index (χ3n) is 2.97. The summed E-state index contributed by atoms with van der Waals surface area (Å²) in [6, 6.07) is 2.64. The van der Waals surface area contributed by atoms with Crippen LogP contribution < -0.4 is 5.32 Å². The molecule has 0 saturated carbocycles. The number of rotatable bonds is 4. The molecule has 1 aromatic rings. The largest absolute Gasteiger partial charge is 0.377 e. The first-order valence-corrected chi connectivity index (χ1v) is 6.54. The molecule has 2 atom stereocenters. The SMILES string of the molecule is Cc1ccsc1[C@@H](C)NC[C@H]1CCCO1. The van der Waals surface area contributed by atoms with E-state index in [9.17, 15) is 0 Å². The minimum Gasteiger partial charge on any atom is -0.377 e. The van der Waals surface area contributed by atoms with E-state index < -0.39 is 0 Å². The van der Waals surface area contributed by atoms with Gasteiger partial charge in [-0.25, -0.2) is 0 Å². The molecule has 2 nitrogen and oxygen atoms in total. The van der Waals surface area contributed by atoms with Crippen LogP contribution in [-0.2, 0) is 4.74 Å². The van der Waals surface area contributed by atoms with Gasteiger partial charge in [0.05, 0.1) is 6.10 Å². The van der Waals surface area contributed by atoms with Gasteiger partial charge in [0.15, 0.2) is 0 Å². The van der Waals surface area contributed by atoms with Crippen molar-refractivity contribution in [1.29, 1.82) is 0 Å². The van der Waals surface area contributed by atoms with Crippen molar-refractivity contribution in [2.45, 2.75) is 38.8 Å². The van der Waals surface area contributed by atoms with Gasteiger partial charge in [-0.3, -0.25) is 0 Å². The summed E-state index contributed by atoms with van der Waals surface area (Å²) in [5, 5.41) is 5.71. The van der Waals surface area contributed by atoms with Gasteiger partial charge in [-0.2, -0.15) is 0 Å². The van der Waals surface area contributed by atoms with Crippen LogP contribution in [0.5, 0.6) is 0 Å². The van der Waals surface area contributed by atoms with Gasteiger partial charge in [0.1, 0.15) is 0 Å². The average molecular weight is 225 g/mol. The van der Waals surface area contributed by atoms with Crippen molar-refractivity contribution in [3.8, 4) is 0 Å². The second-order valence-corrected chi connectivity index (χ2v) is 5.18. The molecule has 0 spiro atoms. The quantitative estimate of drug-likeness (QED) is 0.850. The standard InChI is InChI=1S/C12H19NOS/c1-9-5-7-15-12(9)10(2)13-8-11-4-3-6-14-11/h5,7,10-11,13H,3-4,6,8H2,1-2H3/t10-,11-/m1/s1. The highest BCUT2D eigenvalue weighted by Crippen LogP contribution is 2.23. The van der Waals surface area contributed by atoms with Gasteiger partial charge >= 0.3 is 0 Å². The molecule has 1 N–H and O–H groups in total. The maximum absolute atomic E-state index is 5.59. The van der Waals surface area contributed by atoms with Gasteiger partial charge in [0, 0.05) is 24.1 Å². The topological polar surface area (TPSA) is 21.3 Å². The van der Waals surface area contributed by atoms with Crippen LogP contribution in [0.3, 0.4) is 0 Å². The van der Waals surface area contributed by atoms with Crippen molar-refractivity contribution in [3.63, 3.8) is 0 Å². The lowest BCUT2D eigenvalue weighted by Gasteiger charge is -2.16. The Balaban J connectivity index is 1.81. The van der Waals surface area contributed by atoms with E-state index in [1.807, 2.05) is 11.3 Å². The fourth-order valence-electron chi connectivity index (χ4n) is 2.03. The Labute approximate surface area is 95.6 Å². The Morgan fingerprint density at radius 1 is 1.67 bits per heavy atom. The fraction of sp³-hybridized carbons (Fsp3) is 0.667. The van der Waals surface area contributed by atoms with Crippen LogP contribution in [0.25, 0.3) is 0 Å². The van der Waals surface area contributed by atoms with Gasteiger partial charge in [0.25, 0.3) is 0 Å². The first-order valence-electron chi connectivity index (χ1n) is 5.66. The summed E-state index contributed by atoms with van der Waals surface area (Å²) >= 11 is 1.84. The zero-order chi connectivity index (χ0) is 10.7. The highest BCUT2D eigenvalue weighted by atomic mass is 32.1. The summed E-state index contributed by atoms with van der Waals surface area (Å²) in [5.41, 5.74) is 1.40. The molecule has 1 aliphatic heterocycles. The van der Waals surface area contributed by atoms with E-state index in [0.717, 1.165) is 13.2 Å². The molecule has 15 heavy (non-hydrogen) atoms. The van der Waals surface area contributed by atoms with E-state index >= 15 is 0 Å². The minimum absolute atomic E-state index is 0.438. The average Bonchev–Trinajstić information content (AvgIpc) is 2.84. The lowest BCUT2D eigenvalue weighted by molar-refractivity contribution is 0.108. The molecule has 0 aromatic carbocycles. The van der Waals surface area contributed by atoms with Gasteiger partial charge in [-0.05, 0) is 43.7 Å². The molecule has 1 fully saturated rings. The molecule has 2 rings (SSSR count). The lowest BCUT2D eigenvalue weighted by Crippen LogP contribution is -2.28. The van der Waals surface area contributed by atoms with Gasteiger partial charge in [-0.15, -0.1) is 11.3 Å². The van der Waals surface area contributed by atoms with E-state index in [1.165, 1.54) is 23.3 Å². The monoisotopic (exact) mass is 225 g/mol. The van der Waals surface area contributed by atoms with Crippen molar-refractivity contribution < 1.29 is 4.74 Å². The molecule has 0 radical (unpaired) electrons. The van der Waals surface area contributed by atoms with Crippen molar-refractivity contribution in [2.75, 3.05) is 13.2 Å². The highest BCUT2D eigenvalue weighted by molar-refractivity contribution is 7.10. The molecule has 0 amide bonds. The van der Waals surface area contributed by atoms with Crippen LogP contribution in [-0.4, -0.2) is 19.3 Å². The summed E-state index contributed by atoms with van der Waals surface area (Å²) in [4.78, 5) is 1.45. The molecular formula is C12H19NOS. The summed E-state index contributed by atoms with van der Waals surface area (Å²) < 4.78 is 5.59.